The second kappa shape index (κ2) is 3.45. The summed E-state index contributed by atoms with van der Waals surface area (Å²) in [6.45, 7) is 0. The van der Waals surface area contributed by atoms with Crippen molar-refractivity contribution in [2.75, 3.05) is 0 Å². The lowest BCUT2D eigenvalue weighted by molar-refractivity contribution is -0.154. The predicted molar refractivity (Wildman–Crippen MR) is 42.6 cm³/mol. The van der Waals surface area contributed by atoms with Crippen LogP contribution in [0.25, 0.3) is 6.08 Å². The summed E-state index contributed by atoms with van der Waals surface area (Å²) >= 11 is 0. The molecule has 0 atom stereocenters. The number of benzene rings is 1. The van der Waals surface area contributed by atoms with Gasteiger partial charge in [0.2, 0.25) is 0 Å². The van der Waals surface area contributed by atoms with Gasteiger partial charge in [0.25, 0.3) is 0 Å². The van der Waals surface area contributed by atoms with Crippen LogP contribution in [-0.2, 0) is 0 Å². The summed E-state index contributed by atoms with van der Waals surface area (Å²) < 4.78 is 23.8. The summed E-state index contributed by atoms with van der Waals surface area (Å²) in [7, 11) is 0. The normalized spacial score (nSPS) is 12.2. The highest BCUT2D eigenvalue weighted by Gasteiger charge is 2.18. The fourth-order valence-corrected chi connectivity index (χ4v) is 0.761. The maximum Gasteiger partial charge on any atom is 0.374 e. The maximum atomic E-state index is 11.9. The molecule has 3 heteroatoms. The summed E-state index contributed by atoms with van der Waals surface area (Å²) in [4.78, 5) is 0. The largest absolute Gasteiger partial charge is 0.374 e. The van der Waals surface area contributed by atoms with E-state index in [1.54, 1.807) is 30.3 Å². The first-order chi connectivity index (χ1) is 5.58. The lowest BCUT2D eigenvalue weighted by atomic mass is 10.2. The zero-order chi connectivity index (χ0) is 9.03. The predicted octanol–water partition coefficient (Wildman–Crippen LogP) is 2.28. The van der Waals surface area contributed by atoms with Crippen LogP contribution in [0.3, 0.4) is 0 Å². The number of alkyl halides is 2. The molecular weight excluding hydrogens is 162 g/mol. The summed E-state index contributed by atoms with van der Waals surface area (Å²) in [6, 6.07) is 8.59. The Bertz CT molecular complexity index is 262. The van der Waals surface area contributed by atoms with Gasteiger partial charge in [0.05, 0.1) is 0 Å². The molecule has 0 bridgehead atoms. The molecule has 0 amide bonds. The molecular formula is C9H8F2O. The van der Waals surface area contributed by atoms with Crippen molar-refractivity contribution >= 4 is 6.08 Å². The summed E-state index contributed by atoms with van der Waals surface area (Å²) in [5, 5.41) is 8.06. The van der Waals surface area contributed by atoms with Crippen molar-refractivity contribution in [3.63, 3.8) is 0 Å². The van der Waals surface area contributed by atoms with Crippen molar-refractivity contribution in [1.82, 2.24) is 0 Å². The monoisotopic (exact) mass is 170 g/mol. The van der Waals surface area contributed by atoms with Gasteiger partial charge < -0.3 is 5.11 Å². The fourth-order valence-electron chi connectivity index (χ4n) is 0.761. The van der Waals surface area contributed by atoms with Crippen molar-refractivity contribution in [2.45, 2.75) is 6.11 Å². The Labute approximate surface area is 69.0 Å². The molecule has 0 aliphatic heterocycles. The summed E-state index contributed by atoms with van der Waals surface area (Å²) in [5.41, 5.74) is 0.631. The lowest BCUT2D eigenvalue weighted by Crippen LogP contribution is -2.08. The number of rotatable bonds is 2. The molecule has 0 saturated heterocycles. The third-order valence-electron chi connectivity index (χ3n) is 1.28. The Hall–Kier alpha value is -1.22. The first kappa shape index (κ1) is 8.87. The van der Waals surface area contributed by atoms with E-state index in [9.17, 15) is 8.78 Å². The molecule has 0 unspecified atom stereocenters. The van der Waals surface area contributed by atoms with Crippen LogP contribution >= 0.6 is 0 Å². The third-order valence-corrected chi connectivity index (χ3v) is 1.28. The smallest absolute Gasteiger partial charge is 0.333 e. The van der Waals surface area contributed by atoms with Crippen LogP contribution in [0.2, 0.25) is 0 Å². The van der Waals surface area contributed by atoms with Crippen LogP contribution in [0.15, 0.2) is 36.4 Å². The summed E-state index contributed by atoms with van der Waals surface area (Å²) in [6.07, 6.45) is -2.11. The van der Waals surface area contributed by atoms with Crippen LogP contribution < -0.4 is 0 Å². The quantitative estimate of drug-likeness (QED) is 0.721. The molecule has 0 aliphatic carbocycles. The summed E-state index contributed by atoms with van der Waals surface area (Å²) in [5.74, 6) is 0. The zero-order valence-corrected chi connectivity index (χ0v) is 6.24. The van der Waals surface area contributed by atoms with Gasteiger partial charge in [-0.1, -0.05) is 36.4 Å². The first-order valence-corrected chi connectivity index (χ1v) is 3.42. The van der Waals surface area contributed by atoms with E-state index in [1.807, 2.05) is 0 Å². The van der Waals surface area contributed by atoms with Gasteiger partial charge in [-0.2, -0.15) is 8.78 Å². The van der Waals surface area contributed by atoms with Gasteiger partial charge in [0, 0.05) is 6.08 Å². The number of hydrogen-bond donors (Lipinski definition) is 1. The molecule has 0 aliphatic rings. The molecule has 0 spiro atoms. The van der Waals surface area contributed by atoms with E-state index in [4.69, 9.17) is 5.11 Å². The van der Waals surface area contributed by atoms with Crippen LogP contribution in [0.4, 0.5) is 8.78 Å². The van der Waals surface area contributed by atoms with Gasteiger partial charge >= 0.3 is 6.11 Å². The zero-order valence-electron chi connectivity index (χ0n) is 6.24. The highest BCUT2D eigenvalue weighted by Crippen LogP contribution is 2.12. The standard InChI is InChI=1S/C9H8F2O/c10-9(11,12)7-6-8-4-2-1-3-5-8/h1-7,12H. The first-order valence-electron chi connectivity index (χ1n) is 3.42. The SMILES string of the molecule is OC(F)(F)C=Cc1ccccc1. The Morgan fingerprint density at radius 2 is 1.75 bits per heavy atom. The molecule has 0 saturated carbocycles. The number of aliphatic hydroxyl groups is 1. The van der Waals surface area contributed by atoms with Crippen LogP contribution in [0.5, 0.6) is 0 Å². The van der Waals surface area contributed by atoms with Crippen molar-refractivity contribution in [3.8, 4) is 0 Å². The van der Waals surface area contributed by atoms with Crippen molar-refractivity contribution in [2.24, 2.45) is 0 Å². The highest BCUT2D eigenvalue weighted by atomic mass is 19.3. The lowest BCUT2D eigenvalue weighted by Gasteiger charge is -1.99. The molecule has 1 aromatic carbocycles. The molecule has 0 radical (unpaired) electrons. The average molecular weight is 170 g/mol. The Morgan fingerprint density at radius 1 is 1.17 bits per heavy atom. The van der Waals surface area contributed by atoms with Gasteiger partial charge in [-0.25, -0.2) is 0 Å². The second-order valence-corrected chi connectivity index (χ2v) is 2.33. The van der Waals surface area contributed by atoms with Crippen LogP contribution in [0, 0.1) is 0 Å². The molecule has 64 valence electrons. The van der Waals surface area contributed by atoms with Crippen molar-refractivity contribution in [1.29, 1.82) is 0 Å². The number of halogens is 2. The molecule has 0 fully saturated rings. The highest BCUT2D eigenvalue weighted by molar-refractivity contribution is 5.49. The Morgan fingerprint density at radius 3 is 2.25 bits per heavy atom. The molecule has 1 nitrogen and oxygen atoms in total. The van der Waals surface area contributed by atoms with Crippen molar-refractivity contribution < 1.29 is 13.9 Å². The minimum atomic E-state index is -3.73. The molecule has 1 rings (SSSR count). The van der Waals surface area contributed by atoms with Gasteiger partial charge in [0.15, 0.2) is 0 Å². The van der Waals surface area contributed by atoms with Crippen LogP contribution in [-0.4, -0.2) is 11.2 Å². The molecule has 0 heterocycles. The Kier molecular flexibility index (Phi) is 2.55. The third kappa shape index (κ3) is 3.25. The minimum Gasteiger partial charge on any atom is -0.333 e. The number of hydrogen-bond acceptors (Lipinski definition) is 1. The van der Waals surface area contributed by atoms with Crippen LogP contribution in [0.1, 0.15) is 5.56 Å². The molecule has 0 aromatic heterocycles. The molecule has 1 aromatic rings. The van der Waals surface area contributed by atoms with Gasteiger partial charge in [-0.05, 0) is 5.56 Å². The van der Waals surface area contributed by atoms with E-state index < -0.39 is 6.11 Å². The second-order valence-electron chi connectivity index (χ2n) is 2.33. The minimum absolute atomic E-state index is 0.447. The van der Waals surface area contributed by atoms with E-state index >= 15 is 0 Å². The van der Waals surface area contributed by atoms with E-state index in [-0.39, 0.29) is 0 Å². The van der Waals surface area contributed by atoms with E-state index in [0.717, 1.165) is 0 Å². The van der Waals surface area contributed by atoms with E-state index in [2.05, 4.69) is 0 Å². The molecule has 12 heavy (non-hydrogen) atoms. The average Bonchev–Trinajstić information content (AvgIpc) is 2.02. The molecule has 1 N–H and O–H groups in total. The Balaban J connectivity index is 2.71. The topological polar surface area (TPSA) is 20.2 Å². The van der Waals surface area contributed by atoms with E-state index in [1.165, 1.54) is 6.08 Å². The van der Waals surface area contributed by atoms with Gasteiger partial charge in [-0.3, -0.25) is 0 Å². The van der Waals surface area contributed by atoms with Gasteiger partial charge in [-0.15, -0.1) is 0 Å². The van der Waals surface area contributed by atoms with Gasteiger partial charge in [0.1, 0.15) is 0 Å². The maximum absolute atomic E-state index is 11.9. The van der Waals surface area contributed by atoms with E-state index in [0.29, 0.717) is 11.6 Å². The van der Waals surface area contributed by atoms with Crippen molar-refractivity contribution in [3.05, 3.63) is 42.0 Å². The fraction of sp³-hybridized carbons (Fsp3) is 0.111.